The second-order valence-electron chi connectivity index (χ2n) is 3.19. The number of nitrogen functional groups attached to an aromatic ring is 1. The summed E-state index contributed by atoms with van der Waals surface area (Å²) in [6.45, 7) is 1.64. The van der Waals surface area contributed by atoms with E-state index in [4.69, 9.17) is 5.73 Å². The number of halogens is 2. The molecule has 2 N–H and O–H groups in total. The first kappa shape index (κ1) is 10.4. The third-order valence-corrected chi connectivity index (χ3v) is 1.94. The van der Waals surface area contributed by atoms with Crippen LogP contribution in [-0.4, -0.2) is 15.0 Å². The van der Waals surface area contributed by atoms with Crippen LogP contribution < -0.4 is 5.73 Å². The molecule has 6 heteroatoms. The van der Waals surface area contributed by atoms with Crippen LogP contribution in [0.1, 0.15) is 5.82 Å². The van der Waals surface area contributed by atoms with Gasteiger partial charge >= 0.3 is 0 Å². The highest BCUT2D eigenvalue weighted by Gasteiger charge is 2.08. The fourth-order valence-electron chi connectivity index (χ4n) is 1.27. The molecule has 0 saturated carbocycles. The largest absolute Gasteiger partial charge is 0.368 e. The fourth-order valence-corrected chi connectivity index (χ4v) is 1.27. The van der Waals surface area contributed by atoms with Crippen molar-refractivity contribution in [3.05, 3.63) is 35.7 Å². The highest BCUT2D eigenvalue weighted by atomic mass is 19.2. The Labute approximate surface area is 90.2 Å². The van der Waals surface area contributed by atoms with E-state index in [9.17, 15) is 8.78 Å². The normalized spacial score (nSPS) is 10.4. The molecule has 0 unspecified atom stereocenters. The summed E-state index contributed by atoms with van der Waals surface area (Å²) in [5, 5.41) is 0. The van der Waals surface area contributed by atoms with Crippen molar-refractivity contribution in [3.63, 3.8) is 0 Å². The summed E-state index contributed by atoms with van der Waals surface area (Å²) in [7, 11) is 0. The van der Waals surface area contributed by atoms with Crippen molar-refractivity contribution in [2.24, 2.45) is 0 Å². The minimum absolute atomic E-state index is 0.0484. The van der Waals surface area contributed by atoms with E-state index in [0.717, 1.165) is 12.1 Å². The first-order valence-electron chi connectivity index (χ1n) is 4.50. The molecule has 2 rings (SSSR count). The zero-order valence-corrected chi connectivity index (χ0v) is 8.41. The maximum absolute atomic E-state index is 13.0. The Balaban J connectivity index is 2.54. The van der Waals surface area contributed by atoms with E-state index in [1.54, 1.807) is 6.92 Å². The van der Waals surface area contributed by atoms with Crippen LogP contribution in [0.3, 0.4) is 0 Å². The molecular formula is C10H8F2N4. The van der Waals surface area contributed by atoms with Gasteiger partial charge in [0.1, 0.15) is 5.82 Å². The predicted octanol–water partition coefficient (Wildman–Crippen LogP) is 1.71. The molecule has 0 spiro atoms. The van der Waals surface area contributed by atoms with Crippen LogP contribution in [0.4, 0.5) is 14.7 Å². The zero-order chi connectivity index (χ0) is 11.7. The lowest BCUT2D eigenvalue weighted by atomic mass is 10.2. The van der Waals surface area contributed by atoms with Gasteiger partial charge < -0.3 is 5.73 Å². The van der Waals surface area contributed by atoms with Crippen LogP contribution >= 0.6 is 0 Å². The number of benzene rings is 1. The van der Waals surface area contributed by atoms with Crippen molar-refractivity contribution in [2.75, 3.05) is 5.73 Å². The Hall–Kier alpha value is -2.11. The lowest BCUT2D eigenvalue weighted by molar-refractivity contribution is 0.509. The highest BCUT2D eigenvalue weighted by molar-refractivity contribution is 5.55. The molecule has 16 heavy (non-hydrogen) atoms. The molecule has 0 aliphatic heterocycles. The van der Waals surface area contributed by atoms with Gasteiger partial charge in [-0.2, -0.15) is 9.97 Å². The summed E-state index contributed by atoms with van der Waals surface area (Å²) in [5.41, 5.74) is 5.79. The van der Waals surface area contributed by atoms with Gasteiger partial charge in [0.2, 0.25) is 5.95 Å². The lowest BCUT2D eigenvalue weighted by Gasteiger charge is -2.02. The van der Waals surface area contributed by atoms with Crippen molar-refractivity contribution < 1.29 is 8.78 Å². The second kappa shape index (κ2) is 3.80. The summed E-state index contributed by atoms with van der Waals surface area (Å²) in [5.74, 6) is -1.17. The van der Waals surface area contributed by atoms with Gasteiger partial charge in [0.05, 0.1) is 0 Å². The molecule has 1 heterocycles. The number of anilines is 1. The molecule has 0 aliphatic rings. The van der Waals surface area contributed by atoms with Crippen LogP contribution in [0.25, 0.3) is 11.4 Å². The maximum Gasteiger partial charge on any atom is 0.223 e. The maximum atomic E-state index is 13.0. The summed E-state index contributed by atoms with van der Waals surface area (Å²) >= 11 is 0. The summed E-state index contributed by atoms with van der Waals surface area (Å²) in [4.78, 5) is 11.6. The van der Waals surface area contributed by atoms with E-state index in [0.29, 0.717) is 11.4 Å². The van der Waals surface area contributed by atoms with Gasteiger partial charge in [-0.1, -0.05) is 0 Å². The number of rotatable bonds is 1. The van der Waals surface area contributed by atoms with Crippen LogP contribution in [-0.2, 0) is 0 Å². The Morgan fingerprint density at radius 2 is 1.81 bits per heavy atom. The van der Waals surface area contributed by atoms with E-state index in [1.165, 1.54) is 6.07 Å². The van der Waals surface area contributed by atoms with E-state index >= 15 is 0 Å². The molecule has 0 bridgehead atoms. The van der Waals surface area contributed by atoms with Gasteiger partial charge in [0.25, 0.3) is 0 Å². The van der Waals surface area contributed by atoms with Crippen LogP contribution in [0.2, 0.25) is 0 Å². The number of nitrogens with zero attached hydrogens (tertiary/aromatic N) is 3. The zero-order valence-electron chi connectivity index (χ0n) is 8.41. The highest BCUT2D eigenvalue weighted by Crippen LogP contribution is 2.18. The summed E-state index contributed by atoms with van der Waals surface area (Å²) in [6.07, 6.45) is 0. The number of aromatic nitrogens is 3. The van der Waals surface area contributed by atoms with Crippen molar-refractivity contribution in [3.8, 4) is 11.4 Å². The molecule has 0 amide bonds. The number of aryl methyl sites for hydroxylation is 1. The SMILES string of the molecule is Cc1nc(N)nc(-c2ccc(F)c(F)c2)n1. The van der Waals surface area contributed by atoms with Crippen molar-refractivity contribution >= 4 is 5.95 Å². The van der Waals surface area contributed by atoms with Gasteiger partial charge in [-0.25, -0.2) is 13.8 Å². The molecule has 0 fully saturated rings. The Morgan fingerprint density at radius 1 is 1.06 bits per heavy atom. The standard InChI is InChI=1S/C10H8F2N4/c1-5-14-9(16-10(13)15-5)6-2-3-7(11)8(12)4-6/h2-4H,1H3,(H2,13,14,15,16). The third kappa shape index (κ3) is 1.95. The van der Waals surface area contributed by atoms with Gasteiger partial charge in [-0.05, 0) is 25.1 Å². The lowest BCUT2D eigenvalue weighted by Crippen LogP contribution is -2.02. The Bertz CT molecular complexity index is 522. The second-order valence-corrected chi connectivity index (χ2v) is 3.19. The molecule has 1 aromatic carbocycles. The van der Waals surface area contributed by atoms with E-state index in [2.05, 4.69) is 15.0 Å². The molecular weight excluding hydrogens is 214 g/mol. The van der Waals surface area contributed by atoms with Crippen LogP contribution in [0.5, 0.6) is 0 Å². The van der Waals surface area contributed by atoms with Gasteiger partial charge in [-0.3, -0.25) is 0 Å². The molecule has 0 radical (unpaired) electrons. The first-order valence-corrected chi connectivity index (χ1v) is 4.50. The average molecular weight is 222 g/mol. The predicted molar refractivity (Wildman–Crippen MR) is 54.3 cm³/mol. The average Bonchev–Trinajstić information content (AvgIpc) is 2.20. The van der Waals surface area contributed by atoms with Crippen molar-refractivity contribution in [2.45, 2.75) is 6.92 Å². The Kier molecular flexibility index (Phi) is 2.47. The fraction of sp³-hybridized carbons (Fsp3) is 0.100. The van der Waals surface area contributed by atoms with E-state index < -0.39 is 11.6 Å². The van der Waals surface area contributed by atoms with E-state index in [1.807, 2.05) is 0 Å². The monoisotopic (exact) mass is 222 g/mol. The minimum atomic E-state index is -0.950. The van der Waals surface area contributed by atoms with Gasteiger partial charge in [-0.15, -0.1) is 0 Å². The number of hydrogen-bond donors (Lipinski definition) is 1. The van der Waals surface area contributed by atoms with Crippen molar-refractivity contribution in [1.29, 1.82) is 0 Å². The molecule has 1 aromatic heterocycles. The Morgan fingerprint density at radius 3 is 2.44 bits per heavy atom. The number of hydrogen-bond acceptors (Lipinski definition) is 4. The molecule has 0 atom stereocenters. The number of nitrogens with two attached hydrogens (primary N) is 1. The summed E-state index contributed by atoms with van der Waals surface area (Å²) < 4.78 is 25.7. The van der Waals surface area contributed by atoms with Gasteiger partial charge in [0, 0.05) is 5.56 Å². The van der Waals surface area contributed by atoms with E-state index in [-0.39, 0.29) is 11.8 Å². The first-order chi connectivity index (χ1) is 7.56. The molecule has 2 aromatic rings. The smallest absolute Gasteiger partial charge is 0.223 e. The molecule has 0 aliphatic carbocycles. The molecule has 4 nitrogen and oxygen atoms in total. The third-order valence-electron chi connectivity index (χ3n) is 1.94. The van der Waals surface area contributed by atoms with Gasteiger partial charge in [0.15, 0.2) is 17.5 Å². The minimum Gasteiger partial charge on any atom is -0.368 e. The van der Waals surface area contributed by atoms with Crippen molar-refractivity contribution in [1.82, 2.24) is 15.0 Å². The summed E-state index contributed by atoms with van der Waals surface area (Å²) in [6, 6.07) is 3.41. The van der Waals surface area contributed by atoms with Crippen LogP contribution in [0, 0.1) is 18.6 Å². The molecule has 0 saturated heterocycles. The molecule has 82 valence electrons. The quantitative estimate of drug-likeness (QED) is 0.797. The van der Waals surface area contributed by atoms with Crippen LogP contribution in [0.15, 0.2) is 18.2 Å². The topological polar surface area (TPSA) is 64.7 Å².